The van der Waals surface area contributed by atoms with E-state index in [2.05, 4.69) is 18.2 Å². The van der Waals surface area contributed by atoms with E-state index in [-0.39, 0.29) is 40.8 Å². The number of hydrogen-bond acceptors (Lipinski definition) is 14. The van der Waals surface area contributed by atoms with Crippen molar-refractivity contribution >= 4 is 35.9 Å². The molecule has 0 fully saturated rings. The van der Waals surface area contributed by atoms with Gasteiger partial charge >= 0.3 is 0 Å². The minimum atomic E-state index is -5.19. The van der Waals surface area contributed by atoms with Crippen LogP contribution in [-0.4, -0.2) is 40.1 Å². The molecule has 0 aromatic heterocycles. The summed E-state index contributed by atoms with van der Waals surface area (Å²) >= 11 is 0. The van der Waals surface area contributed by atoms with E-state index in [1.165, 1.54) is 48.5 Å². The number of nitrogens with zero attached hydrogens (tertiary/aromatic N) is 3. The quantitative estimate of drug-likeness (QED) is 0.0597. The first kappa shape index (κ1) is 55.8. The van der Waals surface area contributed by atoms with E-state index >= 15 is 0 Å². The van der Waals surface area contributed by atoms with E-state index in [1.54, 1.807) is 73.7 Å². The molecule has 0 atom stereocenters. The fraction of sp³-hybridized carbons (Fsp3) is 0.0645. The highest BCUT2D eigenvalue weighted by Crippen LogP contribution is 2.38. The highest BCUT2D eigenvalue weighted by atomic mass is 32.2. The molecule has 9 rings (SSSR count). The highest BCUT2D eigenvalue weighted by molar-refractivity contribution is 7.91. The van der Waals surface area contributed by atoms with Crippen LogP contribution in [0.2, 0.25) is 0 Å². The van der Waals surface area contributed by atoms with Gasteiger partial charge in [-0.15, -0.1) is 0 Å². The largest absolute Gasteiger partial charge is 0.456 e. The Balaban J connectivity index is 0.915. The van der Waals surface area contributed by atoms with Crippen LogP contribution >= 0.6 is 0 Å². The predicted molar refractivity (Wildman–Crippen MR) is 296 cm³/mol. The number of carbonyl (C=O) groups excluding carboxylic acids is 1. The first-order valence-electron chi connectivity index (χ1n) is 24.4. The van der Waals surface area contributed by atoms with E-state index in [1.807, 2.05) is 43.3 Å². The Morgan fingerprint density at radius 3 is 1.35 bits per heavy atom. The number of aryl methyl sites for hydroxylation is 2. The van der Waals surface area contributed by atoms with Crippen molar-refractivity contribution in [2.45, 2.75) is 46.3 Å². The zero-order valence-corrected chi connectivity index (χ0v) is 45.2. The van der Waals surface area contributed by atoms with Crippen LogP contribution in [-0.2, 0) is 42.9 Å². The summed E-state index contributed by atoms with van der Waals surface area (Å²) in [5.74, 6) is -0.0412. The normalized spacial score (nSPS) is 11.4. The predicted octanol–water partition coefficient (Wildman–Crippen LogP) is 12.8. The third kappa shape index (κ3) is 12.5. The average Bonchev–Trinajstić information content (AvgIpc) is 3.65. The molecule has 0 aliphatic carbocycles. The molecular formula is C62H43N3O13S3. The summed E-state index contributed by atoms with van der Waals surface area (Å²) in [6.07, 6.45) is 0.585. The van der Waals surface area contributed by atoms with Crippen LogP contribution in [0.3, 0.4) is 0 Å². The standard InChI is InChI=1S/C62H43N3O13S3/c1-39-9-6-13-44(53(39)36-63)33-45-18-17-41(32-52(45)62(66)42-11-4-3-5-12-42)31-43-14-8-16-57(55(43)38-65)76-47-21-25-49(26-22-47)78-59-30-28-51(35-61(59)81(72,73)74)79(67,68)50-27-29-58(60(34-50)80(69,70)71)77-48-23-19-46(20-24-48)75-56-15-7-10-40(2)54(56)37-64/h3-30,32,34-35H,31,33H2,1-2H3,(H,69,70,71)(H,72,73,74). The minimum Gasteiger partial charge on any atom is -0.456 e. The number of rotatable bonds is 18. The Labute approximate surface area is 466 Å². The lowest BCUT2D eigenvalue weighted by Gasteiger charge is -2.15. The van der Waals surface area contributed by atoms with Gasteiger partial charge in [-0.1, -0.05) is 84.9 Å². The van der Waals surface area contributed by atoms with Crippen molar-refractivity contribution in [3.05, 3.63) is 249 Å². The van der Waals surface area contributed by atoms with E-state index < -0.39 is 61.2 Å². The lowest BCUT2D eigenvalue weighted by atomic mass is 9.89. The second-order valence-electron chi connectivity index (χ2n) is 18.2. The maximum atomic E-state index is 14.0. The van der Waals surface area contributed by atoms with Gasteiger partial charge < -0.3 is 18.9 Å². The van der Waals surface area contributed by atoms with Gasteiger partial charge in [0.1, 0.15) is 67.9 Å². The highest BCUT2D eigenvalue weighted by Gasteiger charge is 2.28. The fourth-order valence-corrected chi connectivity index (χ4v) is 11.5. The molecule has 0 saturated heterocycles. The molecule has 16 nitrogen and oxygen atoms in total. The van der Waals surface area contributed by atoms with Crippen LogP contribution in [0.25, 0.3) is 0 Å². The van der Waals surface area contributed by atoms with Crippen molar-refractivity contribution in [1.29, 1.82) is 15.8 Å². The summed E-state index contributed by atoms with van der Waals surface area (Å²) in [5, 5.41) is 29.9. The second-order valence-corrected chi connectivity index (χ2v) is 23.0. The number of benzene rings is 9. The van der Waals surface area contributed by atoms with E-state index in [9.17, 15) is 54.9 Å². The number of hydrogen-bond donors (Lipinski definition) is 2. The van der Waals surface area contributed by atoms with E-state index in [0.29, 0.717) is 63.4 Å². The van der Waals surface area contributed by atoms with Gasteiger partial charge in [0.15, 0.2) is 5.78 Å². The molecule has 0 spiro atoms. The first-order valence-corrected chi connectivity index (χ1v) is 28.7. The number of ether oxygens (including phenoxy) is 4. The molecule has 0 amide bonds. The topological polar surface area (TPSA) is 268 Å². The lowest BCUT2D eigenvalue weighted by molar-refractivity contribution is 0.103. The van der Waals surface area contributed by atoms with Gasteiger partial charge in [-0.05, 0) is 163 Å². The van der Waals surface area contributed by atoms with Gasteiger partial charge in [-0.25, -0.2) is 8.42 Å². The summed E-state index contributed by atoms with van der Waals surface area (Å²) < 4.78 is 123. The molecular weight excluding hydrogens is 1090 g/mol. The summed E-state index contributed by atoms with van der Waals surface area (Å²) in [4.78, 5) is 10.7. The molecule has 0 bridgehead atoms. The van der Waals surface area contributed by atoms with Gasteiger partial charge in [-0.2, -0.15) is 32.6 Å². The third-order valence-corrected chi connectivity index (χ3v) is 16.3. The first-order chi connectivity index (χ1) is 38.7. The Hall–Kier alpha value is -9.91. The van der Waals surface area contributed by atoms with Gasteiger partial charge in [0.05, 0.1) is 32.6 Å². The Morgan fingerprint density at radius 1 is 0.432 bits per heavy atom. The van der Waals surface area contributed by atoms with E-state index in [4.69, 9.17) is 18.9 Å². The maximum absolute atomic E-state index is 14.0. The Morgan fingerprint density at radius 2 is 0.864 bits per heavy atom. The minimum absolute atomic E-state index is 0.0163. The molecule has 0 aliphatic heterocycles. The van der Waals surface area contributed by atoms with Crippen molar-refractivity contribution in [1.82, 2.24) is 0 Å². The lowest BCUT2D eigenvalue weighted by Crippen LogP contribution is -2.08. The molecule has 81 heavy (non-hydrogen) atoms. The van der Waals surface area contributed by atoms with Crippen molar-refractivity contribution in [3.63, 3.8) is 0 Å². The molecule has 0 unspecified atom stereocenters. The third-order valence-electron chi connectivity index (χ3n) is 12.8. The van der Waals surface area contributed by atoms with Gasteiger partial charge in [0, 0.05) is 11.1 Å². The molecule has 0 aliphatic rings. The fourth-order valence-electron chi connectivity index (χ4n) is 8.79. The monoisotopic (exact) mass is 1130 g/mol. The van der Waals surface area contributed by atoms with Gasteiger partial charge in [-0.3, -0.25) is 13.9 Å². The SMILES string of the molecule is Cc1cccc(Cc2ccc(Cc3cccc(Oc4ccc(Oc5ccc(S(=O)(=O)c6ccc(Oc7ccc(Oc8cccc(C)c8C#N)cc7)c(S(=O)(=O)O)c6)cc5S(=O)(=O)O)cc4)c3C#N)cc2C(=O)c2ccccc2)c1C#N. The summed E-state index contributed by atoms with van der Waals surface area (Å²) in [6, 6.07) is 53.4. The van der Waals surface area contributed by atoms with Crippen LogP contribution < -0.4 is 18.9 Å². The van der Waals surface area contributed by atoms with Gasteiger partial charge in [0.25, 0.3) is 20.2 Å². The van der Waals surface area contributed by atoms with Crippen LogP contribution in [0.1, 0.15) is 66.0 Å². The Bertz CT molecular complexity index is 4440. The molecule has 0 heterocycles. The number of ketones is 1. The van der Waals surface area contributed by atoms with Gasteiger partial charge in [0.2, 0.25) is 9.84 Å². The molecule has 0 saturated carbocycles. The van der Waals surface area contributed by atoms with Crippen molar-refractivity contribution in [2.75, 3.05) is 0 Å². The molecule has 2 N–H and O–H groups in total. The van der Waals surface area contributed by atoms with E-state index in [0.717, 1.165) is 46.5 Å². The molecule has 9 aromatic carbocycles. The summed E-state index contributed by atoms with van der Waals surface area (Å²) in [7, 11) is -15.1. The number of sulfone groups is 1. The summed E-state index contributed by atoms with van der Waals surface area (Å²) in [6.45, 7) is 3.62. The molecule has 0 radical (unpaired) electrons. The van der Waals surface area contributed by atoms with Crippen molar-refractivity contribution in [3.8, 4) is 64.2 Å². The summed E-state index contributed by atoms with van der Waals surface area (Å²) in [5.41, 5.74) is 6.42. The van der Waals surface area contributed by atoms with Crippen molar-refractivity contribution in [2.24, 2.45) is 0 Å². The zero-order valence-electron chi connectivity index (χ0n) is 42.8. The van der Waals surface area contributed by atoms with Crippen molar-refractivity contribution < 1.29 is 58.1 Å². The average molecular weight is 1130 g/mol. The van der Waals surface area contributed by atoms with Crippen LogP contribution in [0.4, 0.5) is 0 Å². The van der Waals surface area contributed by atoms with Crippen LogP contribution in [0.15, 0.2) is 208 Å². The number of nitriles is 3. The molecule has 19 heteroatoms. The zero-order chi connectivity index (χ0) is 57.6. The smallest absolute Gasteiger partial charge is 0.298 e. The Kier molecular flexibility index (Phi) is 16.0. The molecule has 9 aromatic rings. The van der Waals surface area contributed by atoms with Crippen LogP contribution in [0.5, 0.6) is 46.0 Å². The second kappa shape index (κ2) is 23.2. The number of carbonyl (C=O) groups is 1. The van der Waals surface area contributed by atoms with Crippen LogP contribution in [0, 0.1) is 47.8 Å². The maximum Gasteiger partial charge on any atom is 0.298 e. The molecule has 402 valence electrons.